The van der Waals surface area contributed by atoms with Crippen LogP contribution in [0.25, 0.3) is 0 Å². The quantitative estimate of drug-likeness (QED) is 0.210. The Morgan fingerprint density at radius 1 is 1.20 bits per heavy atom. The molecule has 25 heavy (non-hydrogen) atoms. The van der Waals surface area contributed by atoms with Crippen LogP contribution in [-0.4, -0.2) is 21.0 Å². The van der Waals surface area contributed by atoms with Gasteiger partial charge in [0.2, 0.25) is 9.70 Å². The Morgan fingerprint density at radius 2 is 1.88 bits per heavy atom. The number of amides is 1. The molecule has 0 aliphatic rings. The highest BCUT2D eigenvalue weighted by Crippen LogP contribution is 2.30. The summed E-state index contributed by atoms with van der Waals surface area (Å²) in [5, 5.41) is 9.27. The Morgan fingerprint density at radius 3 is 2.44 bits per heavy atom. The summed E-state index contributed by atoms with van der Waals surface area (Å²) in [4.78, 5) is 12.0. The Balaban J connectivity index is 2.68. The minimum Gasteiger partial charge on any atom is -0.339 e. The largest absolute Gasteiger partial charge is 0.339 e. The summed E-state index contributed by atoms with van der Waals surface area (Å²) < 4.78 is -1.80. The number of hydrogen-bond acceptors (Lipinski definition) is 2. The summed E-state index contributed by atoms with van der Waals surface area (Å²) in [6.45, 7) is 2.05. The maximum Gasteiger partial charge on any atom is 0.228 e. The van der Waals surface area contributed by atoms with Gasteiger partial charge in [0, 0.05) is 11.4 Å². The zero-order valence-corrected chi connectivity index (χ0v) is 17.9. The van der Waals surface area contributed by atoms with E-state index in [-0.39, 0.29) is 11.0 Å². The highest BCUT2D eigenvalue weighted by Gasteiger charge is 2.34. The van der Waals surface area contributed by atoms with Gasteiger partial charge in [0.05, 0.1) is 10.7 Å². The van der Waals surface area contributed by atoms with E-state index in [1.54, 1.807) is 18.2 Å². The highest BCUT2D eigenvalue weighted by atomic mass is 35.6. The number of benzene rings is 1. The van der Waals surface area contributed by atoms with E-state index < -0.39 is 9.96 Å². The molecule has 1 atom stereocenters. The lowest BCUT2D eigenvalue weighted by Crippen LogP contribution is -2.56. The average Bonchev–Trinajstić information content (AvgIpc) is 2.49. The first-order valence-electron chi connectivity index (χ1n) is 7.52. The second-order valence-electron chi connectivity index (χ2n) is 5.22. The summed E-state index contributed by atoms with van der Waals surface area (Å²) in [5.41, 5.74) is 0.529. The van der Waals surface area contributed by atoms with Crippen molar-refractivity contribution in [2.24, 2.45) is 0 Å². The molecule has 0 aliphatic carbocycles. The van der Waals surface area contributed by atoms with Gasteiger partial charge < -0.3 is 16.0 Å². The first-order chi connectivity index (χ1) is 11.6. The van der Waals surface area contributed by atoms with Crippen molar-refractivity contribution >= 4 is 86.9 Å². The number of carbonyl (C=O) groups excluding carboxylic acids is 1. The molecule has 1 aromatic rings. The minimum absolute atomic E-state index is 0.134. The van der Waals surface area contributed by atoms with Crippen molar-refractivity contribution in [2.75, 3.05) is 5.32 Å². The number of carbonyl (C=O) groups is 1. The molecule has 0 saturated heterocycles. The van der Waals surface area contributed by atoms with E-state index in [0.717, 1.165) is 19.3 Å². The number of halogens is 5. The van der Waals surface area contributed by atoms with Crippen molar-refractivity contribution in [3.63, 3.8) is 0 Å². The third kappa shape index (κ3) is 8.85. The molecular formula is C15H18Cl5N3OS. The van der Waals surface area contributed by atoms with Crippen molar-refractivity contribution in [3.8, 4) is 0 Å². The first-order valence-corrected chi connectivity index (χ1v) is 9.82. The number of thiocarbonyl (C=S) groups is 1. The number of rotatable bonds is 7. The van der Waals surface area contributed by atoms with Crippen molar-refractivity contribution in [2.45, 2.75) is 42.6 Å². The fourth-order valence-corrected chi connectivity index (χ4v) is 2.86. The van der Waals surface area contributed by atoms with E-state index in [4.69, 9.17) is 70.2 Å². The van der Waals surface area contributed by atoms with Gasteiger partial charge in [-0.1, -0.05) is 77.8 Å². The lowest BCUT2D eigenvalue weighted by molar-refractivity contribution is -0.122. The molecule has 0 aliphatic heterocycles. The van der Waals surface area contributed by atoms with E-state index in [1.165, 1.54) is 0 Å². The standard InChI is InChI=1S/C15H18Cl5N3OS/c1-2-3-4-5-12(24)22-13(15(18,19)20)23-14(25)21-11-7-6-9(16)8-10(11)17/h6-8,13H,2-5H2,1H3,(H,22,24)(H2,21,23,25). The van der Waals surface area contributed by atoms with Gasteiger partial charge in [-0.2, -0.15) is 0 Å². The van der Waals surface area contributed by atoms with Gasteiger partial charge in [-0.05, 0) is 36.8 Å². The third-order valence-corrected chi connectivity index (χ3v) is 4.52. The Labute approximate surface area is 177 Å². The van der Waals surface area contributed by atoms with Crippen LogP contribution in [0.4, 0.5) is 5.69 Å². The predicted molar refractivity (Wildman–Crippen MR) is 112 cm³/mol. The van der Waals surface area contributed by atoms with Gasteiger partial charge in [0.15, 0.2) is 5.11 Å². The third-order valence-electron chi connectivity index (χ3n) is 3.09. The van der Waals surface area contributed by atoms with Crippen LogP contribution >= 0.6 is 70.2 Å². The lowest BCUT2D eigenvalue weighted by atomic mass is 10.2. The maximum absolute atomic E-state index is 12.0. The van der Waals surface area contributed by atoms with Crippen LogP contribution in [0.15, 0.2) is 18.2 Å². The Bertz CT molecular complexity index is 609. The summed E-state index contributed by atoms with van der Waals surface area (Å²) in [6.07, 6.45) is 2.06. The zero-order valence-electron chi connectivity index (χ0n) is 13.3. The van der Waals surface area contributed by atoms with Gasteiger partial charge in [0.25, 0.3) is 0 Å². The molecule has 0 heterocycles. The minimum atomic E-state index is -1.80. The van der Waals surface area contributed by atoms with E-state index in [0.29, 0.717) is 22.2 Å². The molecule has 3 N–H and O–H groups in total. The molecule has 0 saturated carbocycles. The summed E-state index contributed by atoms with van der Waals surface area (Å²) in [6, 6.07) is 4.88. The van der Waals surface area contributed by atoms with Crippen LogP contribution in [0.2, 0.25) is 10.0 Å². The number of nitrogens with one attached hydrogen (secondary N) is 3. The lowest BCUT2D eigenvalue weighted by Gasteiger charge is -2.28. The topological polar surface area (TPSA) is 53.2 Å². The van der Waals surface area contributed by atoms with Crippen LogP contribution < -0.4 is 16.0 Å². The van der Waals surface area contributed by atoms with Crippen LogP contribution in [0.1, 0.15) is 32.6 Å². The van der Waals surface area contributed by atoms with Crippen molar-refractivity contribution in [3.05, 3.63) is 28.2 Å². The summed E-state index contributed by atoms with van der Waals surface area (Å²) in [5.74, 6) is -0.232. The molecule has 0 spiro atoms. The van der Waals surface area contributed by atoms with Crippen molar-refractivity contribution < 1.29 is 4.79 Å². The number of hydrogen-bond donors (Lipinski definition) is 3. The molecular weight excluding hydrogens is 448 g/mol. The molecule has 1 amide bonds. The fraction of sp³-hybridized carbons (Fsp3) is 0.467. The first kappa shape index (κ1) is 22.9. The van der Waals surface area contributed by atoms with E-state index in [2.05, 4.69) is 22.9 Å². The van der Waals surface area contributed by atoms with Crippen LogP contribution in [-0.2, 0) is 4.79 Å². The van der Waals surface area contributed by atoms with Gasteiger partial charge in [0.1, 0.15) is 6.17 Å². The SMILES string of the molecule is CCCCCC(=O)NC(NC(=S)Nc1ccc(Cl)cc1Cl)C(Cl)(Cl)Cl. The van der Waals surface area contributed by atoms with E-state index in [1.807, 2.05) is 0 Å². The van der Waals surface area contributed by atoms with Gasteiger partial charge >= 0.3 is 0 Å². The average molecular weight is 466 g/mol. The second-order valence-corrected chi connectivity index (χ2v) is 8.84. The van der Waals surface area contributed by atoms with Crippen LogP contribution in [0, 0.1) is 0 Å². The van der Waals surface area contributed by atoms with E-state index >= 15 is 0 Å². The fourth-order valence-electron chi connectivity index (χ4n) is 1.85. The van der Waals surface area contributed by atoms with Gasteiger partial charge in [-0.25, -0.2) is 0 Å². The molecule has 0 bridgehead atoms. The molecule has 0 radical (unpaired) electrons. The summed E-state index contributed by atoms with van der Waals surface area (Å²) >= 11 is 34.9. The van der Waals surface area contributed by atoms with Crippen molar-refractivity contribution in [1.29, 1.82) is 0 Å². The number of unbranched alkanes of at least 4 members (excludes halogenated alkanes) is 2. The predicted octanol–water partition coefficient (Wildman–Crippen LogP) is 5.67. The molecule has 1 rings (SSSR count). The van der Waals surface area contributed by atoms with E-state index in [9.17, 15) is 4.79 Å². The number of alkyl halides is 3. The van der Waals surface area contributed by atoms with Crippen molar-refractivity contribution in [1.82, 2.24) is 10.6 Å². The molecule has 1 aromatic carbocycles. The highest BCUT2D eigenvalue weighted by molar-refractivity contribution is 7.80. The van der Waals surface area contributed by atoms with Gasteiger partial charge in [-0.3, -0.25) is 4.79 Å². The van der Waals surface area contributed by atoms with Crippen LogP contribution in [0.5, 0.6) is 0 Å². The van der Waals surface area contributed by atoms with Gasteiger partial charge in [-0.15, -0.1) is 0 Å². The molecule has 140 valence electrons. The molecule has 0 aromatic heterocycles. The monoisotopic (exact) mass is 463 g/mol. The zero-order chi connectivity index (χ0) is 19.0. The van der Waals surface area contributed by atoms with Crippen LogP contribution in [0.3, 0.4) is 0 Å². The Kier molecular flexibility index (Phi) is 9.93. The Hall–Kier alpha value is -0.170. The normalized spacial score (nSPS) is 12.4. The molecule has 0 fully saturated rings. The second kappa shape index (κ2) is 10.9. The molecule has 4 nitrogen and oxygen atoms in total. The molecule has 10 heteroatoms. The summed E-state index contributed by atoms with van der Waals surface area (Å²) in [7, 11) is 0. The maximum atomic E-state index is 12.0. The molecule has 1 unspecified atom stereocenters. The smallest absolute Gasteiger partial charge is 0.228 e. The number of anilines is 1.